The molecule has 0 radical (unpaired) electrons. The Kier molecular flexibility index (Phi) is 8.33. The van der Waals surface area contributed by atoms with E-state index < -0.39 is 47.9 Å². The first-order valence-electron chi connectivity index (χ1n) is 11.2. The van der Waals surface area contributed by atoms with E-state index in [9.17, 15) is 31.1 Å². The molecule has 0 bridgehead atoms. The van der Waals surface area contributed by atoms with Gasteiger partial charge in [0.25, 0.3) is 0 Å². The average Bonchev–Trinajstić information content (AvgIpc) is 3.21. The second-order valence-electron chi connectivity index (χ2n) is 9.93. The van der Waals surface area contributed by atoms with Crippen molar-refractivity contribution in [2.45, 2.75) is 63.4 Å². The third kappa shape index (κ3) is 6.60. The molecule has 3 nitrogen and oxygen atoms in total. The molecule has 0 N–H and O–H groups in total. The Bertz CT molecular complexity index is 1150. The van der Waals surface area contributed by atoms with E-state index in [2.05, 4.69) is 0 Å². The first-order chi connectivity index (χ1) is 16.8. The van der Waals surface area contributed by atoms with Crippen LogP contribution in [0.25, 0.3) is 0 Å². The third-order valence-corrected chi connectivity index (χ3v) is 7.33. The maximum Gasteiger partial charge on any atom is 0.416 e. The lowest BCUT2D eigenvalue weighted by molar-refractivity contribution is -0.184. The van der Waals surface area contributed by atoms with E-state index in [0.29, 0.717) is 0 Å². The summed E-state index contributed by atoms with van der Waals surface area (Å²) in [7, 11) is 0. The van der Waals surface area contributed by atoms with Gasteiger partial charge in [0, 0.05) is 25.2 Å². The van der Waals surface area contributed by atoms with Crippen LogP contribution in [0.3, 0.4) is 0 Å². The lowest BCUT2D eigenvalue weighted by atomic mass is 9.79. The predicted octanol–water partition coefficient (Wildman–Crippen LogP) is 8.65. The number of carbonyl (C=O) groups is 1. The molecule has 3 rings (SSSR count). The van der Waals surface area contributed by atoms with Gasteiger partial charge in [0.05, 0.1) is 20.6 Å². The van der Waals surface area contributed by atoms with Gasteiger partial charge in [-0.2, -0.15) is 26.3 Å². The summed E-state index contributed by atoms with van der Waals surface area (Å²) >= 11 is 17.9. The maximum atomic E-state index is 14.4. The van der Waals surface area contributed by atoms with Gasteiger partial charge in [0.1, 0.15) is 11.0 Å². The van der Waals surface area contributed by atoms with E-state index in [1.807, 2.05) is 0 Å². The highest BCUT2D eigenvalue weighted by atomic mass is 35.5. The van der Waals surface area contributed by atoms with Crippen LogP contribution in [0.15, 0.2) is 30.3 Å². The number of hydrogen-bond donors (Lipinski definition) is 0. The molecule has 0 aromatic heterocycles. The molecule has 0 spiro atoms. The molecule has 0 amide bonds. The van der Waals surface area contributed by atoms with Gasteiger partial charge < -0.3 is 9.64 Å². The van der Waals surface area contributed by atoms with E-state index in [0.717, 1.165) is 18.2 Å². The molecule has 1 atom stereocenters. The molecular weight excluding hydrogens is 567 g/mol. The van der Waals surface area contributed by atoms with Crippen molar-refractivity contribution >= 4 is 46.5 Å². The standard InChI is InChI=1S/C25H24Cl3F6NO2/c1-22(2,3)37-20(36)7-5-14-4-6-16(12-17(14)24(29,30)31)35-9-8-23(13-35,25(32,33)34)15-10-18(26)21(28)19(27)11-15/h4,6,10-12H,5,7-9,13H2,1-3H3. The average molecular weight is 591 g/mol. The van der Waals surface area contributed by atoms with Gasteiger partial charge in [0.2, 0.25) is 0 Å². The van der Waals surface area contributed by atoms with Crippen LogP contribution < -0.4 is 4.90 Å². The molecule has 2 aromatic rings. The summed E-state index contributed by atoms with van der Waals surface area (Å²) in [6, 6.07) is 5.51. The number of aryl methyl sites for hydroxylation is 1. The van der Waals surface area contributed by atoms with E-state index in [1.54, 1.807) is 20.8 Å². The Labute approximate surface area is 225 Å². The predicted molar refractivity (Wildman–Crippen MR) is 132 cm³/mol. The summed E-state index contributed by atoms with van der Waals surface area (Å²) in [5.41, 5.74) is -4.61. The Hall–Kier alpha value is -1.84. The molecule has 1 fully saturated rings. The van der Waals surface area contributed by atoms with Crippen LogP contribution in [0, 0.1) is 0 Å². The number of rotatable bonds is 5. The Balaban J connectivity index is 1.93. The number of alkyl halides is 6. The van der Waals surface area contributed by atoms with E-state index in [-0.39, 0.29) is 51.3 Å². The van der Waals surface area contributed by atoms with Crippen molar-refractivity contribution in [2.24, 2.45) is 0 Å². The normalized spacial score (nSPS) is 18.9. The van der Waals surface area contributed by atoms with Gasteiger partial charge >= 0.3 is 18.3 Å². The smallest absolute Gasteiger partial charge is 0.416 e. The number of anilines is 1. The van der Waals surface area contributed by atoms with Gasteiger partial charge in [-0.05, 0) is 69.0 Å². The monoisotopic (exact) mass is 589 g/mol. The zero-order valence-corrected chi connectivity index (χ0v) is 22.4. The van der Waals surface area contributed by atoms with Gasteiger partial charge in [-0.3, -0.25) is 4.79 Å². The number of esters is 1. The minimum Gasteiger partial charge on any atom is -0.460 e. The van der Waals surface area contributed by atoms with E-state index in [1.165, 1.54) is 17.0 Å². The highest BCUT2D eigenvalue weighted by Gasteiger charge is 2.59. The van der Waals surface area contributed by atoms with Crippen LogP contribution in [-0.4, -0.2) is 30.8 Å². The fourth-order valence-corrected chi connectivity index (χ4v) is 4.96. The maximum absolute atomic E-state index is 14.4. The lowest BCUT2D eigenvalue weighted by Gasteiger charge is -2.33. The largest absolute Gasteiger partial charge is 0.460 e. The van der Waals surface area contributed by atoms with Crippen molar-refractivity contribution < 1.29 is 35.9 Å². The summed E-state index contributed by atoms with van der Waals surface area (Å²) in [4.78, 5) is 13.2. The van der Waals surface area contributed by atoms with E-state index >= 15 is 0 Å². The number of benzene rings is 2. The zero-order chi connectivity index (χ0) is 28.0. The summed E-state index contributed by atoms with van der Waals surface area (Å²) in [5, 5.41) is -0.393. The van der Waals surface area contributed by atoms with Crippen LogP contribution in [0.2, 0.25) is 15.1 Å². The molecule has 0 saturated carbocycles. The van der Waals surface area contributed by atoms with Gasteiger partial charge in [-0.15, -0.1) is 0 Å². The molecule has 204 valence electrons. The van der Waals surface area contributed by atoms with Crippen molar-refractivity contribution in [3.05, 3.63) is 62.1 Å². The van der Waals surface area contributed by atoms with Crippen molar-refractivity contribution in [3.63, 3.8) is 0 Å². The Morgan fingerprint density at radius 1 is 1.00 bits per heavy atom. The topological polar surface area (TPSA) is 29.5 Å². The molecule has 2 aromatic carbocycles. The number of carbonyl (C=O) groups excluding carboxylic acids is 1. The van der Waals surface area contributed by atoms with Crippen LogP contribution in [-0.2, 0) is 27.5 Å². The molecule has 1 aliphatic rings. The minimum absolute atomic E-state index is 0.0226. The zero-order valence-electron chi connectivity index (χ0n) is 20.1. The number of halogens is 9. The summed E-state index contributed by atoms with van der Waals surface area (Å²) in [5.74, 6) is -0.653. The van der Waals surface area contributed by atoms with Crippen LogP contribution in [0.4, 0.5) is 32.0 Å². The molecule has 1 heterocycles. The lowest BCUT2D eigenvalue weighted by Crippen LogP contribution is -2.45. The summed E-state index contributed by atoms with van der Waals surface area (Å²) in [6.45, 7) is 4.13. The third-order valence-electron chi connectivity index (χ3n) is 6.13. The fraction of sp³-hybridized carbons (Fsp3) is 0.480. The molecule has 0 aliphatic carbocycles. The number of hydrogen-bond acceptors (Lipinski definition) is 3. The fourth-order valence-electron chi connectivity index (χ4n) is 4.36. The number of nitrogens with zero attached hydrogens (tertiary/aromatic N) is 1. The Morgan fingerprint density at radius 3 is 2.11 bits per heavy atom. The second-order valence-corrected chi connectivity index (χ2v) is 11.1. The van der Waals surface area contributed by atoms with Crippen molar-refractivity contribution in [2.75, 3.05) is 18.0 Å². The quantitative estimate of drug-likeness (QED) is 0.198. The highest BCUT2D eigenvalue weighted by molar-refractivity contribution is 6.48. The molecule has 37 heavy (non-hydrogen) atoms. The molecule has 12 heteroatoms. The number of ether oxygens (including phenoxy) is 1. The molecule has 1 unspecified atom stereocenters. The Morgan fingerprint density at radius 2 is 1.59 bits per heavy atom. The molecule has 1 saturated heterocycles. The first-order valence-corrected chi connectivity index (χ1v) is 12.4. The van der Waals surface area contributed by atoms with Crippen molar-refractivity contribution in [1.82, 2.24) is 0 Å². The van der Waals surface area contributed by atoms with Crippen molar-refractivity contribution in [3.8, 4) is 0 Å². The second kappa shape index (κ2) is 10.4. The van der Waals surface area contributed by atoms with E-state index in [4.69, 9.17) is 39.5 Å². The minimum atomic E-state index is -4.78. The highest BCUT2D eigenvalue weighted by Crippen LogP contribution is 2.50. The summed E-state index contributed by atoms with van der Waals surface area (Å²) in [6.07, 6.45) is -10.5. The first kappa shape index (κ1) is 29.7. The molecule has 1 aliphatic heterocycles. The van der Waals surface area contributed by atoms with Gasteiger partial charge in [0.15, 0.2) is 0 Å². The van der Waals surface area contributed by atoms with Crippen LogP contribution in [0.1, 0.15) is 50.3 Å². The van der Waals surface area contributed by atoms with Crippen LogP contribution >= 0.6 is 34.8 Å². The van der Waals surface area contributed by atoms with Gasteiger partial charge in [-0.25, -0.2) is 0 Å². The summed E-state index contributed by atoms with van der Waals surface area (Å²) < 4.78 is 90.0. The molecular formula is C25H24Cl3F6NO2. The van der Waals surface area contributed by atoms with Crippen molar-refractivity contribution in [1.29, 1.82) is 0 Å². The van der Waals surface area contributed by atoms with Crippen LogP contribution in [0.5, 0.6) is 0 Å². The SMILES string of the molecule is CC(C)(C)OC(=O)CCc1ccc(N2CCC(c3cc(Cl)c(Cl)c(Cl)c3)(C(F)(F)F)C2)cc1C(F)(F)F. The van der Waals surface area contributed by atoms with Gasteiger partial charge in [-0.1, -0.05) is 40.9 Å².